The number of carbonyl (C=O) groups excluding carboxylic acids is 1. The van der Waals surface area contributed by atoms with Crippen LogP contribution >= 0.6 is 0 Å². The van der Waals surface area contributed by atoms with Gasteiger partial charge in [0.1, 0.15) is 18.2 Å². The minimum atomic E-state index is -3.79. The second-order valence-electron chi connectivity index (χ2n) is 8.03. The predicted molar refractivity (Wildman–Crippen MR) is 136 cm³/mol. The van der Waals surface area contributed by atoms with E-state index in [-0.39, 0.29) is 10.8 Å². The van der Waals surface area contributed by atoms with Crippen molar-refractivity contribution in [2.24, 2.45) is 4.40 Å². The average Bonchev–Trinajstić information content (AvgIpc) is 3.26. The number of nitrogens with zero attached hydrogens (tertiary/aromatic N) is 3. The third-order valence-corrected chi connectivity index (χ3v) is 6.72. The van der Waals surface area contributed by atoms with E-state index in [0.717, 1.165) is 24.2 Å². The van der Waals surface area contributed by atoms with Gasteiger partial charge in [-0.15, -0.1) is 4.40 Å². The summed E-state index contributed by atoms with van der Waals surface area (Å²) in [4.78, 5) is 18.4. The lowest BCUT2D eigenvalue weighted by molar-refractivity contribution is -0.111. The zero-order valence-electron chi connectivity index (χ0n) is 19.3. The monoisotopic (exact) mass is 490 g/mol. The molecule has 0 atom stereocenters. The third kappa shape index (κ3) is 6.77. The molecular weight excluding hydrogens is 464 g/mol. The first kappa shape index (κ1) is 24.2. The molecule has 0 spiro atoms. The number of hydrogen-bond donors (Lipinski definition) is 1. The molecule has 1 amide bonds. The molecular formula is C26H26N4O4S. The van der Waals surface area contributed by atoms with Crippen molar-refractivity contribution in [1.82, 2.24) is 9.88 Å². The normalized spacial score (nSPS) is 15.0. The quantitative estimate of drug-likeness (QED) is 0.477. The molecule has 0 bridgehead atoms. The highest BCUT2D eigenvalue weighted by Crippen LogP contribution is 2.19. The van der Waals surface area contributed by atoms with Crippen molar-refractivity contribution in [1.29, 1.82) is 0 Å². The standard InChI is InChI=1S/C26H26N4O4S/c1-30-18-4-6-25(30)29-35(32,33)24-14-10-21(11-15-24)28-26(31)16-9-20-7-12-23(13-8-20)34-19-22-5-2-3-17-27-22/h2-3,5,7-17H,4,6,18-19H2,1H3,(H,28,31)/b16-9+,29-25+. The lowest BCUT2D eigenvalue weighted by atomic mass is 10.2. The molecule has 1 fully saturated rings. The van der Waals surface area contributed by atoms with Gasteiger partial charge in [0, 0.05) is 38.0 Å². The number of rotatable bonds is 8. The second kappa shape index (κ2) is 11.0. The first-order valence-corrected chi connectivity index (χ1v) is 12.6. The highest BCUT2D eigenvalue weighted by Gasteiger charge is 2.20. The van der Waals surface area contributed by atoms with E-state index >= 15 is 0 Å². The summed E-state index contributed by atoms with van der Waals surface area (Å²) in [5, 5.41) is 2.72. The third-order valence-electron chi connectivity index (χ3n) is 5.40. The lowest BCUT2D eigenvalue weighted by Crippen LogP contribution is -2.20. The summed E-state index contributed by atoms with van der Waals surface area (Å²) in [7, 11) is -1.95. The number of aromatic nitrogens is 1. The van der Waals surface area contributed by atoms with Crippen molar-refractivity contribution in [2.75, 3.05) is 18.9 Å². The molecule has 0 radical (unpaired) electrons. The number of ether oxygens (including phenoxy) is 1. The summed E-state index contributed by atoms with van der Waals surface area (Å²) >= 11 is 0. The molecule has 8 nitrogen and oxygen atoms in total. The van der Waals surface area contributed by atoms with E-state index in [9.17, 15) is 13.2 Å². The summed E-state index contributed by atoms with van der Waals surface area (Å²) in [5.41, 5.74) is 2.17. The second-order valence-corrected chi connectivity index (χ2v) is 9.64. The lowest BCUT2D eigenvalue weighted by Gasteiger charge is -2.11. The molecule has 0 saturated carbocycles. The first-order valence-electron chi connectivity index (χ1n) is 11.2. The molecule has 2 aromatic carbocycles. The molecule has 180 valence electrons. The highest BCUT2D eigenvalue weighted by molar-refractivity contribution is 7.90. The molecule has 1 aliphatic heterocycles. The largest absolute Gasteiger partial charge is 0.487 e. The van der Waals surface area contributed by atoms with Gasteiger partial charge in [-0.05, 0) is 66.6 Å². The Labute approximate surface area is 205 Å². The van der Waals surface area contributed by atoms with Crippen LogP contribution in [0.25, 0.3) is 6.08 Å². The number of nitrogens with one attached hydrogen (secondary N) is 1. The number of hydrogen-bond acceptors (Lipinski definition) is 5. The number of anilines is 1. The Balaban J connectivity index is 1.30. The Bertz CT molecular complexity index is 1320. The summed E-state index contributed by atoms with van der Waals surface area (Å²) < 4.78 is 34.7. The highest BCUT2D eigenvalue weighted by atomic mass is 32.2. The van der Waals surface area contributed by atoms with Crippen LogP contribution in [-0.4, -0.2) is 43.6 Å². The number of carbonyl (C=O) groups is 1. The van der Waals surface area contributed by atoms with Crippen LogP contribution in [0.3, 0.4) is 0 Å². The van der Waals surface area contributed by atoms with E-state index < -0.39 is 10.0 Å². The predicted octanol–water partition coefficient (Wildman–Crippen LogP) is 4.13. The minimum Gasteiger partial charge on any atom is -0.487 e. The van der Waals surface area contributed by atoms with E-state index in [1.807, 2.05) is 54.4 Å². The molecule has 35 heavy (non-hydrogen) atoms. The van der Waals surface area contributed by atoms with E-state index in [2.05, 4.69) is 14.7 Å². The molecule has 1 saturated heterocycles. The van der Waals surface area contributed by atoms with Crippen molar-refractivity contribution in [3.05, 3.63) is 90.3 Å². The fourth-order valence-electron chi connectivity index (χ4n) is 3.48. The molecule has 9 heteroatoms. The fourth-order valence-corrected chi connectivity index (χ4v) is 4.58. The maximum atomic E-state index is 12.5. The summed E-state index contributed by atoms with van der Waals surface area (Å²) in [6.07, 6.45) is 6.37. The number of pyridine rings is 1. The SMILES string of the molecule is CN1CCC/C1=N\S(=O)(=O)c1ccc(NC(=O)/C=C/c2ccc(OCc3ccccn3)cc2)cc1. The van der Waals surface area contributed by atoms with E-state index in [0.29, 0.717) is 30.3 Å². The van der Waals surface area contributed by atoms with Gasteiger partial charge in [0.2, 0.25) is 5.91 Å². The molecule has 3 aromatic rings. The Hall–Kier alpha value is -3.98. The van der Waals surface area contributed by atoms with Gasteiger partial charge in [0.05, 0.1) is 10.6 Å². The number of amidine groups is 1. The molecule has 1 N–H and O–H groups in total. The molecule has 1 aromatic heterocycles. The molecule has 4 rings (SSSR count). The van der Waals surface area contributed by atoms with Crippen molar-refractivity contribution in [2.45, 2.75) is 24.3 Å². The molecule has 1 aliphatic rings. The van der Waals surface area contributed by atoms with Crippen LogP contribution in [0.5, 0.6) is 5.75 Å². The van der Waals surface area contributed by atoms with Crippen LogP contribution in [0.1, 0.15) is 24.1 Å². The first-order chi connectivity index (χ1) is 16.9. The van der Waals surface area contributed by atoms with Crippen molar-refractivity contribution in [3.8, 4) is 5.75 Å². The van der Waals surface area contributed by atoms with Gasteiger partial charge in [-0.2, -0.15) is 8.42 Å². The molecule has 2 heterocycles. The van der Waals surface area contributed by atoms with Crippen molar-refractivity contribution >= 4 is 33.5 Å². The van der Waals surface area contributed by atoms with E-state index in [1.54, 1.807) is 24.4 Å². The Morgan fingerprint density at radius 2 is 1.89 bits per heavy atom. The fraction of sp³-hybridized carbons (Fsp3) is 0.192. The number of likely N-dealkylation sites (tertiary alicyclic amines) is 1. The molecule has 0 aliphatic carbocycles. The van der Waals surface area contributed by atoms with Crippen LogP contribution < -0.4 is 10.1 Å². The smallest absolute Gasteiger partial charge is 0.283 e. The van der Waals surface area contributed by atoms with Gasteiger partial charge < -0.3 is 15.0 Å². The summed E-state index contributed by atoms with van der Waals surface area (Å²) in [5.74, 6) is 0.946. The number of amides is 1. The Morgan fingerprint density at radius 1 is 1.11 bits per heavy atom. The van der Waals surface area contributed by atoms with Crippen molar-refractivity contribution in [3.63, 3.8) is 0 Å². The van der Waals surface area contributed by atoms with E-state index in [4.69, 9.17) is 4.74 Å². The zero-order valence-corrected chi connectivity index (χ0v) is 20.1. The Morgan fingerprint density at radius 3 is 2.54 bits per heavy atom. The van der Waals surface area contributed by atoms with Gasteiger partial charge >= 0.3 is 0 Å². The maximum Gasteiger partial charge on any atom is 0.283 e. The number of sulfonamides is 1. The van der Waals surface area contributed by atoms with Crippen LogP contribution in [0.2, 0.25) is 0 Å². The van der Waals surface area contributed by atoms with Gasteiger partial charge in [0.15, 0.2) is 0 Å². The van der Waals surface area contributed by atoms with Crippen LogP contribution in [-0.2, 0) is 21.4 Å². The van der Waals surface area contributed by atoms with E-state index in [1.165, 1.54) is 18.2 Å². The van der Waals surface area contributed by atoms with Gasteiger partial charge in [0.25, 0.3) is 10.0 Å². The topological polar surface area (TPSA) is 101 Å². The maximum absolute atomic E-state index is 12.5. The van der Waals surface area contributed by atoms with Crippen LogP contribution in [0.15, 0.2) is 88.3 Å². The van der Waals surface area contributed by atoms with Crippen molar-refractivity contribution < 1.29 is 17.9 Å². The minimum absolute atomic E-state index is 0.0872. The summed E-state index contributed by atoms with van der Waals surface area (Å²) in [6.45, 7) is 1.18. The molecule has 0 unspecified atom stereocenters. The summed E-state index contributed by atoms with van der Waals surface area (Å²) in [6, 6.07) is 19.0. The van der Waals surface area contributed by atoms with Gasteiger partial charge in [-0.25, -0.2) is 0 Å². The average molecular weight is 491 g/mol. The zero-order chi connectivity index (χ0) is 24.7. The van der Waals surface area contributed by atoms with Crippen LogP contribution in [0, 0.1) is 0 Å². The van der Waals surface area contributed by atoms with Gasteiger partial charge in [-0.1, -0.05) is 18.2 Å². The number of benzene rings is 2. The van der Waals surface area contributed by atoms with Gasteiger partial charge in [-0.3, -0.25) is 9.78 Å². The van der Waals surface area contributed by atoms with Crippen LogP contribution in [0.4, 0.5) is 5.69 Å². The Kier molecular flexibility index (Phi) is 7.57.